The summed E-state index contributed by atoms with van der Waals surface area (Å²) < 4.78 is 0. The summed E-state index contributed by atoms with van der Waals surface area (Å²) in [6, 6.07) is 12.6. The Morgan fingerprint density at radius 3 is 2.24 bits per heavy atom. The molecular weight excluding hydrogens is 259 g/mol. The Hall–Kier alpha value is -1.51. The number of halogens is 2. The smallest absolute Gasteiger partial charge is 0.338 e. The zero-order chi connectivity index (χ0) is 12.4. The van der Waals surface area contributed by atoms with Gasteiger partial charge in [0.05, 0.1) is 15.6 Å². The molecule has 2 nitrogen and oxygen atoms in total. The Labute approximate surface area is 108 Å². The molecule has 4 heteroatoms. The number of carbonyl (C=O) groups is 1. The van der Waals surface area contributed by atoms with Crippen molar-refractivity contribution in [2.45, 2.75) is 0 Å². The fourth-order valence-electron chi connectivity index (χ4n) is 1.59. The van der Waals surface area contributed by atoms with E-state index in [1.54, 1.807) is 12.1 Å². The number of aromatic carboxylic acids is 1. The number of hydrogen-bond acceptors (Lipinski definition) is 1. The Bertz CT molecular complexity index is 565. The van der Waals surface area contributed by atoms with E-state index in [2.05, 4.69) is 0 Å². The van der Waals surface area contributed by atoms with Crippen LogP contribution in [0.4, 0.5) is 0 Å². The van der Waals surface area contributed by atoms with Crippen molar-refractivity contribution in [3.63, 3.8) is 0 Å². The van der Waals surface area contributed by atoms with Gasteiger partial charge in [0, 0.05) is 5.56 Å². The zero-order valence-corrected chi connectivity index (χ0v) is 10.2. The molecule has 0 saturated heterocycles. The van der Waals surface area contributed by atoms with Crippen molar-refractivity contribution < 1.29 is 9.90 Å². The molecule has 0 aliphatic heterocycles. The summed E-state index contributed by atoms with van der Waals surface area (Å²) >= 11 is 11.9. The van der Waals surface area contributed by atoms with E-state index in [-0.39, 0.29) is 15.6 Å². The molecule has 0 aliphatic carbocycles. The molecule has 0 atom stereocenters. The van der Waals surface area contributed by atoms with Gasteiger partial charge < -0.3 is 5.11 Å². The van der Waals surface area contributed by atoms with Crippen molar-refractivity contribution >= 4 is 29.2 Å². The molecule has 2 aromatic rings. The molecule has 1 N–H and O–H groups in total. The lowest BCUT2D eigenvalue weighted by Gasteiger charge is -2.08. The molecule has 0 aromatic heterocycles. The molecule has 0 aliphatic rings. The van der Waals surface area contributed by atoms with E-state index in [1.165, 1.54) is 0 Å². The van der Waals surface area contributed by atoms with E-state index in [0.29, 0.717) is 5.56 Å². The first-order valence-electron chi connectivity index (χ1n) is 4.88. The summed E-state index contributed by atoms with van der Waals surface area (Å²) in [5.41, 5.74) is 1.46. The van der Waals surface area contributed by atoms with Crippen LogP contribution < -0.4 is 0 Å². The fraction of sp³-hybridized carbons (Fsp3) is 0. The van der Waals surface area contributed by atoms with E-state index in [9.17, 15) is 4.79 Å². The maximum Gasteiger partial charge on any atom is 0.338 e. The van der Waals surface area contributed by atoms with Crippen LogP contribution in [0.3, 0.4) is 0 Å². The second kappa shape index (κ2) is 4.78. The highest BCUT2D eigenvalue weighted by Gasteiger charge is 2.17. The van der Waals surface area contributed by atoms with Crippen LogP contribution in [0.1, 0.15) is 10.4 Å². The standard InChI is InChI=1S/C13H8Cl2O2/c14-10-7-6-9(8-4-2-1-3-5-8)12(15)11(10)13(16)17/h1-7H,(H,16,17). The van der Waals surface area contributed by atoms with Crippen LogP contribution >= 0.6 is 23.2 Å². The molecule has 0 amide bonds. The van der Waals surface area contributed by atoms with E-state index >= 15 is 0 Å². The third-order valence-electron chi connectivity index (χ3n) is 2.39. The van der Waals surface area contributed by atoms with Crippen LogP contribution in [-0.2, 0) is 0 Å². The summed E-state index contributed by atoms with van der Waals surface area (Å²) in [4.78, 5) is 11.1. The fourth-order valence-corrected chi connectivity index (χ4v) is 2.23. The van der Waals surface area contributed by atoms with Crippen molar-refractivity contribution in [3.8, 4) is 11.1 Å². The topological polar surface area (TPSA) is 37.3 Å². The lowest BCUT2D eigenvalue weighted by atomic mass is 10.0. The maximum atomic E-state index is 11.1. The van der Waals surface area contributed by atoms with Crippen LogP contribution in [0.5, 0.6) is 0 Å². The van der Waals surface area contributed by atoms with Gasteiger partial charge in [0.1, 0.15) is 0 Å². The molecule has 86 valence electrons. The van der Waals surface area contributed by atoms with Crippen molar-refractivity contribution in [3.05, 3.63) is 58.1 Å². The number of rotatable bonds is 2. The first-order chi connectivity index (χ1) is 8.11. The van der Waals surface area contributed by atoms with Gasteiger partial charge in [0.25, 0.3) is 0 Å². The Morgan fingerprint density at radius 1 is 1.00 bits per heavy atom. The van der Waals surface area contributed by atoms with E-state index in [0.717, 1.165) is 5.56 Å². The van der Waals surface area contributed by atoms with Crippen molar-refractivity contribution in [2.24, 2.45) is 0 Å². The molecular formula is C13H8Cl2O2. The molecule has 0 fully saturated rings. The Balaban J connectivity index is 2.66. The Morgan fingerprint density at radius 2 is 1.65 bits per heavy atom. The van der Waals surface area contributed by atoms with Crippen LogP contribution in [-0.4, -0.2) is 11.1 Å². The minimum absolute atomic E-state index is 0.0605. The predicted octanol–water partition coefficient (Wildman–Crippen LogP) is 4.36. The average molecular weight is 267 g/mol. The highest BCUT2D eigenvalue weighted by Crippen LogP contribution is 2.34. The molecule has 2 rings (SSSR count). The van der Waals surface area contributed by atoms with E-state index in [4.69, 9.17) is 28.3 Å². The number of hydrogen-bond donors (Lipinski definition) is 1. The highest BCUT2D eigenvalue weighted by molar-refractivity contribution is 6.41. The van der Waals surface area contributed by atoms with Crippen molar-refractivity contribution in [2.75, 3.05) is 0 Å². The maximum absolute atomic E-state index is 11.1. The van der Waals surface area contributed by atoms with Gasteiger partial charge in [0.15, 0.2) is 0 Å². The molecule has 0 heterocycles. The van der Waals surface area contributed by atoms with Crippen LogP contribution in [0.25, 0.3) is 11.1 Å². The minimum Gasteiger partial charge on any atom is -0.478 e. The van der Waals surface area contributed by atoms with Gasteiger partial charge in [-0.1, -0.05) is 59.6 Å². The third kappa shape index (κ3) is 2.28. The molecule has 2 aromatic carbocycles. The molecule has 0 bridgehead atoms. The van der Waals surface area contributed by atoms with Gasteiger partial charge in [-0.15, -0.1) is 0 Å². The van der Waals surface area contributed by atoms with Gasteiger partial charge in [-0.05, 0) is 11.6 Å². The molecule has 0 spiro atoms. The highest BCUT2D eigenvalue weighted by atomic mass is 35.5. The number of carboxylic acids is 1. The van der Waals surface area contributed by atoms with Crippen LogP contribution in [0.2, 0.25) is 10.0 Å². The molecule has 0 saturated carbocycles. The normalized spacial score (nSPS) is 10.2. The Kier molecular flexibility index (Phi) is 3.36. The van der Waals surface area contributed by atoms with Gasteiger partial charge in [-0.25, -0.2) is 4.79 Å². The molecule has 0 unspecified atom stereocenters. The van der Waals surface area contributed by atoms with Gasteiger partial charge in [-0.3, -0.25) is 0 Å². The van der Waals surface area contributed by atoms with Crippen LogP contribution in [0.15, 0.2) is 42.5 Å². The van der Waals surface area contributed by atoms with Gasteiger partial charge >= 0.3 is 5.97 Å². The first-order valence-corrected chi connectivity index (χ1v) is 5.63. The van der Waals surface area contributed by atoms with Gasteiger partial charge in [0.2, 0.25) is 0 Å². The van der Waals surface area contributed by atoms with Crippen molar-refractivity contribution in [1.82, 2.24) is 0 Å². The average Bonchev–Trinajstić information content (AvgIpc) is 2.30. The lowest BCUT2D eigenvalue weighted by molar-refractivity contribution is 0.0697. The summed E-state index contributed by atoms with van der Waals surface area (Å²) in [6.45, 7) is 0. The van der Waals surface area contributed by atoms with Gasteiger partial charge in [-0.2, -0.15) is 0 Å². The first kappa shape index (κ1) is 12.0. The second-order valence-electron chi connectivity index (χ2n) is 3.46. The third-order valence-corrected chi connectivity index (χ3v) is 3.10. The molecule has 0 radical (unpaired) electrons. The van der Waals surface area contributed by atoms with E-state index < -0.39 is 5.97 Å². The molecule has 17 heavy (non-hydrogen) atoms. The summed E-state index contributed by atoms with van der Waals surface area (Å²) in [6.07, 6.45) is 0. The quantitative estimate of drug-likeness (QED) is 0.877. The number of carboxylic acid groups (broad SMARTS) is 1. The predicted molar refractivity (Wildman–Crippen MR) is 68.9 cm³/mol. The van der Waals surface area contributed by atoms with E-state index in [1.807, 2.05) is 30.3 Å². The van der Waals surface area contributed by atoms with Crippen LogP contribution in [0, 0.1) is 0 Å². The summed E-state index contributed by atoms with van der Waals surface area (Å²) in [5.74, 6) is -1.13. The SMILES string of the molecule is O=C(O)c1c(Cl)ccc(-c2ccccc2)c1Cl. The largest absolute Gasteiger partial charge is 0.478 e. The zero-order valence-electron chi connectivity index (χ0n) is 8.65. The van der Waals surface area contributed by atoms with Crippen molar-refractivity contribution in [1.29, 1.82) is 0 Å². The second-order valence-corrected chi connectivity index (χ2v) is 4.24. The summed E-state index contributed by atoms with van der Waals surface area (Å²) in [5, 5.41) is 9.35. The summed E-state index contributed by atoms with van der Waals surface area (Å²) in [7, 11) is 0. The lowest BCUT2D eigenvalue weighted by Crippen LogP contribution is -1.99. The number of benzene rings is 2. The minimum atomic E-state index is -1.13. The monoisotopic (exact) mass is 266 g/mol.